The van der Waals surface area contributed by atoms with Crippen molar-refractivity contribution < 1.29 is 29.0 Å². The van der Waals surface area contributed by atoms with Crippen molar-refractivity contribution in [3.8, 4) is 11.1 Å². The Morgan fingerprint density at radius 2 is 1.71 bits per heavy atom. The number of amides is 2. The number of carboxylic acid groups (broad SMARTS) is 1. The average molecular weight is 481 g/mol. The molecular formula is C27H32N2O6. The number of fused-ring (bicyclic) bond motifs is 3. The van der Waals surface area contributed by atoms with Gasteiger partial charge in [-0.3, -0.25) is 9.59 Å². The van der Waals surface area contributed by atoms with E-state index in [1.807, 2.05) is 31.2 Å². The highest BCUT2D eigenvalue weighted by molar-refractivity contribution is 5.81. The molecule has 2 amide bonds. The van der Waals surface area contributed by atoms with E-state index < -0.39 is 18.2 Å². The molecule has 8 nitrogen and oxygen atoms in total. The van der Waals surface area contributed by atoms with Crippen molar-refractivity contribution in [3.05, 3.63) is 59.7 Å². The van der Waals surface area contributed by atoms with E-state index in [4.69, 9.17) is 14.6 Å². The van der Waals surface area contributed by atoms with Crippen LogP contribution < -0.4 is 10.6 Å². The minimum atomic E-state index is -0.845. The number of carbonyl (C=O) groups excluding carboxylic acids is 2. The Bertz CT molecular complexity index is 1030. The fraction of sp³-hybridized carbons (Fsp3) is 0.444. The topological polar surface area (TPSA) is 114 Å². The van der Waals surface area contributed by atoms with Crippen LogP contribution in [0.4, 0.5) is 4.79 Å². The average Bonchev–Trinajstić information content (AvgIpc) is 3.44. The number of carboxylic acids is 1. The summed E-state index contributed by atoms with van der Waals surface area (Å²) in [5.41, 5.74) is 4.65. The number of aliphatic carboxylic acids is 1. The van der Waals surface area contributed by atoms with Gasteiger partial charge in [0.2, 0.25) is 5.91 Å². The standard InChI is InChI=1S/C27H32N2O6/c1-17(14-24(30)31)10-12-28-26(32)25-18(11-13-34-25)15-29-27(33)35-16-23-21-8-4-2-6-19(21)20-7-3-5-9-22(20)23/h2-9,17-18,23,25H,10-16H2,1H3,(H,28,32)(H,29,33)(H,30,31)/t17?,18-,25-/m1/s1. The Morgan fingerprint density at radius 1 is 1.06 bits per heavy atom. The summed E-state index contributed by atoms with van der Waals surface area (Å²) in [5, 5.41) is 14.5. The minimum absolute atomic E-state index is 0.00925. The van der Waals surface area contributed by atoms with Gasteiger partial charge in [-0.2, -0.15) is 0 Å². The van der Waals surface area contributed by atoms with Crippen LogP contribution in [0.15, 0.2) is 48.5 Å². The molecule has 0 spiro atoms. The number of hydrogen-bond donors (Lipinski definition) is 3. The third-order valence-electron chi connectivity index (χ3n) is 6.78. The summed E-state index contributed by atoms with van der Waals surface area (Å²) < 4.78 is 11.2. The lowest BCUT2D eigenvalue weighted by Crippen LogP contribution is -2.42. The summed E-state index contributed by atoms with van der Waals surface area (Å²) in [6, 6.07) is 16.3. The molecule has 1 saturated heterocycles. The van der Waals surface area contributed by atoms with E-state index in [2.05, 4.69) is 34.9 Å². The zero-order chi connectivity index (χ0) is 24.8. The van der Waals surface area contributed by atoms with Crippen molar-refractivity contribution in [2.45, 2.75) is 38.2 Å². The number of carbonyl (C=O) groups is 3. The molecule has 1 heterocycles. The van der Waals surface area contributed by atoms with E-state index in [0.29, 0.717) is 26.0 Å². The van der Waals surface area contributed by atoms with Crippen molar-refractivity contribution in [3.63, 3.8) is 0 Å². The maximum Gasteiger partial charge on any atom is 0.407 e. The van der Waals surface area contributed by atoms with Crippen LogP contribution in [-0.4, -0.2) is 55.5 Å². The van der Waals surface area contributed by atoms with Crippen molar-refractivity contribution in [1.82, 2.24) is 10.6 Å². The molecule has 2 aromatic rings. The van der Waals surface area contributed by atoms with Gasteiger partial charge < -0.3 is 25.2 Å². The lowest BCUT2D eigenvalue weighted by molar-refractivity contribution is -0.138. The van der Waals surface area contributed by atoms with Gasteiger partial charge in [0, 0.05) is 38.0 Å². The van der Waals surface area contributed by atoms with Crippen LogP contribution in [0.3, 0.4) is 0 Å². The first-order valence-electron chi connectivity index (χ1n) is 12.1. The molecular weight excluding hydrogens is 448 g/mol. The van der Waals surface area contributed by atoms with Gasteiger partial charge >= 0.3 is 12.1 Å². The molecule has 0 aromatic heterocycles. The van der Waals surface area contributed by atoms with Crippen LogP contribution in [0, 0.1) is 11.8 Å². The van der Waals surface area contributed by atoms with Crippen molar-refractivity contribution >= 4 is 18.0 Å². The lowest BCUT2D eigenvalue weighted by atomic mass is 9.98. The molecule has 1 aliphatic heterocycles. The molecule has 4 rings (SSSR count). The fourth-order valence-corrected chi connectivity index (χ4v) is 4.94. The maximum absolute atomic E-state index is 12.5. The van der Waals surface area contributed by atoms with Crippen LogP contribution in [0.1, 0.15) is 43.2 Å². The fourth-order valence-electron chi connectivity index (χ4n) is 4.94. The second kappa shape index (κ2) is 11.4. The monoisotopic (exact) mass is 480 g/mol. The predicted octanol–water partition coefficient (Wildman–Crippen LogP) is 3.55. The summed E-state index contributed by atoms with van der Waals surface area (Å²) in [7, 11) is 0. The molecule has 35 heavy (non-hydrogen) atoms. The summed E-state index contributed by atoms with van der Waals surface area (Å²) in [4.78, 5) is 35.8. The molecule has 3 atom stereocenters. The second-order valence-electron chi connectivity index (χ2n) is 9.33. The van der Waals surface area contributed by atoms with Crippen molar-refractivity contribution in [2.75, 3.05) is 26.3 Å². The number of benzene rings is 2. The van der Waals surface area contributed by atoms with Crippen LogP contribution >= 0.6 is 0 Å². The van der Waals surface area contributed by atoms with Crippen LogP contribution in [0.5, 0.6) is 0 Å². The Balaban J connectivity index is 1.24. The van der Waals surface area contributed by atoms with Crippen molar-refractivity contribution in [1.29, 1.82) is 0 Å². The summed E-state index contributed by atoms with van der Waals surface area (Å²) in [6.07, 6.45) is 0.159. The Kier molecular flexibility index (Phi) is 8.02. The first-order chi connectivity index (χ1) is 16.9. The first-order valence-corrected chi connectivity index (χ1v) is 12.1. The van der Waals surface area contributed by atoms with Crippen LogP contribution in [0.25, 0.3) is 11.1 Å². The van der Waals surface area contributed by atoms with Gasteiger partial charge in [-0.1, -0.05) is 55.5 Å². The summed E-state index contributed by atoms with van der Waals surface area (Å²) >= 11 is 0. The van der Waals surface area contributed by atoms with E-state index in [9.17, 15) is 14.4 Å². The summed E-state index contributed by atoms with van der Waals surface area (Å²) in [6.45, 7) is 3.20. The highest BCUT2D eigenvalue weighted by Crippen LogP contribution is 2.44. The van der Waals surface area contributed by atoms with Gasteiger partial charge in [0.1, 0.15) is 12.7 Å². The van der Waals surface area contributed by atoms with E-state index >= 15 is 0 Å². The highest BCUT2D eigenvalue weighted by Gasteiger charge is 2.34. The number of ether oxygens (including phenoxy) is 2. The Labute approximate surface area is 205 Å². The van der Waals surface area contributed by atoms with Gasteiger partial charge in [0.05, 0.1) is 0 Å². The predicted molar refractivity (Wildman–Crippen MR) is 130 cm³/mol. The molecule has 186 valence electrons. The molecule has 8 heteroatoms. The third-order valence-corrected chi connectivity index (χ3v) is 6.78. The molecule has 1 unspecified atom stereocenters. The molecule has 1 aliphatic carbocycles. The van der Waals surface area contributed by atoms with Gasteiger partial charge in [0.25, 0.3) is 0 Å². The van der Waals surface area contributed by atoms with Gasteiger partial charge in [-0.05, 0) is 41.0 Å². The zero-order valence-corrected chi connectivity index (χ0v) is 19.9. The molecule has 2 aromatic carbocycles. The Morgan fingerprint density at radius 3 is 2.37 bits per heavy atom. The molecule has 1 fully saturated rings. The van der Waals surface area contributed by atoms with E-state index in [1.54, 1.807) is 0 Å². The van der Waals surface area contributed by atoms with Gasteiger partial charge in [0.15, 0.2) is 0 Å². The third kappa shape index (κ3) is 6.00. The minimum Gasteiger partial charge on any atom is -0.481 e. The van der Waals surface area contributed by atoms with Crippen LogP contribution in [-0.2, 0) is 19.1 Å². The van der Waals surface area contributed by atoms with E-state index in [0.717, 1.165) is 11.1 Å². The number of hydrogen-bond acceptors (Lipinski definition) is 5. The number of nitrogens with one attached hydrogen (secondary N) is 2. The normalized spacial score (nSPS) is 19.5. The first kappa shape index (κ1) is 24.7. The van der Waals surface area contributed by atoms with Gasteiger partial charge in [-0.15, -0.1) is 0 Å². The molecule has 0 saturated carbocycles. The molecule has 0 bridgehead atoms. The molecule has 2 aliphatic rings. The second-order valence-corrected chi connectivity index (χ2v) is 9.33. The van der Waals surface area contributed by atoms with Gasteiger partial charge in [-0.25, -0.2) is 4.79 Å². The molecule has 3 N–H and O–H groups in total. The lowest BCUT2D eigenvalue weighted by Gasteiger charge is -2.19. The quantitative estimate of drug-likeness (QED) is 0.479. The van der Waals surface area contributed by atoms with Crippen molar-refractivity contribution in [2.24, 2.45) is 11.8 Å². The SMILES string of the molecule is CC(CCNC(=O)[C@@H]1OCC[C@@H]1CNC(=O)OCC1c2ccccc2-c2ccccc21)CC(=O)O. The molecule has 0 radical (unpaired) electrons. The summed E-state index contributed by atoms with van der Waals surface area (Å²) in [5.74, 6) is -1.26. The highest BCUT2D eigenvalue weighted by atomic mass is 16.5. The van der Waals surface area contributed by atoms with E-state index in [1.165, 1.54) is 11.1 Å². The maximum atomic E-state index is 12.5. The largest absolute Gasteiger partial charge is 0.481 e. The Hall–Kier alpha value is -3.39. The zero-order valence-electron chi connectivity index (χ0n) is 19.9. The number of alkyl carbamates (subject to hydrolysis) is 1. The number of rotatable bonds is 10. The smallest absolute Gasteiger partial charge is 0.407 e. The van der Waals surface area contributed by atoms with Crippen LogP contribution in [0.2, 0.25) is 0 Å². The van der Waals surface area contributed by atoms with E-state index in [-0.39, 0.29) is 43.2 Å².